The number of amides is 2. The maximum absolute atomic E-state index is 15.0. The minimum Gasteiger partial charge on any atom is -0.352 e. The summed E-state index contributed by atoms with van der Waals surface area (Å²) < 4.78 is 15.0. The average Bonchev–Trinajstić information content (AvgIpc) is 3.17. The van der Waals surface area contributed by atoms with Gasteiger partial charge < -0.3 is 16.0 Å². The Bertz CT molecular complexity index is 1240. The van der Waals surface area contributed by atoms with E-state index in [1.165, 1.54) is 6.07 Å². The summed E-state index contributed by atoms with van der Waals surface area (Å²) in [5.41, 5.74) is 3.58. The first-order valence-corrected chi connectivity index (χ1v) is 12.1. The van der Waals surface area contributed by atoms with Crippen LogP contribution in [0.3, 0.4) is 0 Å². The Morgan fingerprint density at radius 2 is 2.03 bits per heavy atom. The quantitative estimate of drug-likeness (QED) is 0.642. The summed E-state index contributed by atoms with van der Waals surface area (Å²) in [6.45, 7) is 2.85. The van der Waals surface area contributed by atoms with Crippen LogP contribution in [0, 0.1) is 40.8 Å². The molecule has 6 rings (SSSR count). The smallest absolute Gasteiger partial charge is 0.251 e. The van der Waals surface area contributed by atoms with Crippen molar-refractivity contribution in [2.45, 2.75) is 44.3 Å². The third kappa shape index (κ3) is 3.40. The SMILES string of the molecule is C[C@H]1[C@H]2[C@H]3C[C@H](N[C@@H]3C(=O)NC(C#N)Cc3ccc(-c4ccc5c(c4)CCNC5=O)cc3F)[C@@H]12. The van der Waals surface area contributed by atoms with Crippen molar-refractivity contribution in [1.82, 2.24) is 16.0 Å². The molecule has 2 aliphatic carbocycles. The van der Waals surface area contributed by atoms with E-state index in [1.807, 2.05) is 18.2 Å². The van der Waals surface area contributed by atoms with Crippen molar-refractivity contribution in [3.05, 3.63) is 58.9 Å². The predicted molar refractivity (Wildman–Crippen MR) is 124 cm³/mol. The van der Waals surface area contributed by atoms with Crippen LogP contribution in [0.15, 0.2) is 36.4 Å². The van der Waals surface area contributed by atoms with Gasteiger partial charge in [0.25, 0.3) is 5.91 Å². The molecule has 0 radical (unpaired) electrons. The number of benzene rings is 2. The zero-order chi connectivity index (χ0) is 23.6. The van der Waals surface area contributed by atoms with Crippen LogP contribution in [0.5, 0.6) is 0 Å². The molecule has 4 aliphatic rings. The van der Waals surface area contributed by atoms with E-state index in [4.69, 9.17) is 0 Å². The first-order valence-electron chi connectivity index (χ1n) is 12.1. The van der Waals surface area contributed by atoms with Crippen molar-refractivity contribution in [2.75, 3.05) is 6.54 Å². The Morgan fingerprint density at radius 3 is 2.79 bits per heavy atom. The van der Waals surface area contributed by atoms with Gasteiger partial charge in [0.1, 0.15) is 11.9 Å². The number of carbonyl (C=O) groups is 2. The molecular formula is C27H27FN4O2. The number of carbonyl (C=O) groups excluding carboxylic acids is 2. The van der Waals surface area contributed by atoms with Crippen LogP contribution in [-0.2, 0) is 17.6 Å². The predicted octanol–water partition coefficient (Wildman–Crippen LogP) is 2.57. The molecule has 2 aliphatic heterocycles. The summed E-state index contributed by atoms with van der Waals surface area (Å²) in [6.07, 6.45) is 1.90. The summed E-state index contributed by atoms with van der Waals surface area (Å²) in [4.78, 5) is 24.8. The van der Waals surface area contributed by atoms with Gasteiger partial charge in [-0.3, -0.25) is 9.59 Å². The molecule has 1 unspecified atom stereocenters. The number of hydrogen-bond donors (Lipinski definition) is 3. The number of fused-ring (bicyclic) bond motifs is 6. The molecule has 174 valence electrons. The van der Waals surface area contributed by atoms with Crippen molar-refractivity contribution in [2.24, 2.45) is 23.7 Å². The second-order valence-electron chi connectivity index (χ2n) is 10.2. The van der Waals surface area contributed by atoms with Gasteiger partial charge in [-0.15, -0.1) is 0 Å². The van der Waals surface area contributed by atoms with Crippen LogP contribution in [0.25, 0.3) is 11.1 Å². The van der Waals surface area contributed by atoms with E-state index in [0.29, 0.717) is 52.9 Å². The van der Waals surface area contributed by atoms with Crippen molar-refractivity contribution in [3.63, 3.8) is 0 Å². The largest absolute Gasteiger partial charge is 0.352 e. The highest BCUT2D eigenvalue weighted by Gasteiger charge is 2.67. The van der Waals surface area contributed by atoms with Gasteiger partial charge in [-0.1, -0.05) is 31.2 Å². The van der Waals surface area contributed by atoms with Crippen molar-refractivity contribution >= 4 is 11.8 Å². The van der Waals surface area contributed by atoms with Gasteiger partial charge in [0.2, 0.25) is 5.91 Å². The number of nitriles is 1. The van der Waals surface area contributed by atoms with Gasteiger partial charge in [-0.2, -0.15) is 5.26 Å². The lowest BCUT2D eigenvalue weighted by Gasteiger charge is -2.23. The van der Waals surface area contributed by atoms with Crippen molar-refractivity contribution in [1.29, 1.82) is 5.26 Å². The molecule has 6 nitrogen and oxygen atoms in total. The second kappa shape index (κ2) is 7.92. The zero-order valence-corrected chi connectivity index (χ0v) is 19.0. The van der Waals surface area contributed by atoms with E-state index in [2.05, 4.69) is 28.9 Å². The van der Waals surface area contributed by atoms with Gasteiger partial charge in [0, 0.05) is 24.6 Å². The number of halogens is 1. The van der Waals surface area contributed by atoms with Crippen LogP contribution in [0.4, 0.5) is 4.39 Å². The lowest BCUT2D eigenvalue weighted by molar-refractivity contribution is -0.124. The highest BCUT2D eigenvalue weighted by atomic mass is 19.1. The van der Waals surface area contributed by atoms with Crippen LogP contribution in [0.1, 0.15) is 34.8 Å². The minimum absolute atomic E-state index is 0.0778. The van der Waals surface area contributed by atoms with Crippen LogP contribution in [-0.4, -0.2) is 36.5 Å². The lowest BCUT2D eigenvalue weighted by atomic mass is 9.93. The molecule has 2 amide bonds. The Hall–Kier alpha value is -3.24. The summed E-state index contributed by atoms with van der Waals surface area (Å²) in [5, 5.41) is 18.7. The molecule has 0 aromatic heterocycles. The molecule has 34 heavy (non-hydrogen) atoms. The number of piperidine rings is 1. The molecule has 0 spiro atoms. The van der Waals surface area contributed by atoms with Crippen LogP contribution < -0.4 is 16.0 Å². The molecule has 7 heteroatoms. The van der Waals surface area contributed by atoms with Gasteiger partial charge in [0.05, 0.1) is 12.1 Å². The molecule has 3 N–H and O–H groups in total. The van der Waals surface area contributed by atoms with E-state index in [0.717, 1.165) is 24.0 Å². The Kier molecular flexibility index (Phi) is 4.96. The molecule has 2 saturated carbocycles. The van der Waals surface area contributed by atoms with E-state index in [1.54, 1.807) is 12.1 Å². The minimum atomic E-state index is -0.788. The molecular weight excluding hydrogens is 431 g/mol. The summed E-state index contributed by atoms with van der Waals surface area (Å²) in [5.74, 6) is 1.74. The molecule has 2 aromatic carbocycles. The summed E-state index contributed by atoms with van der Waals surface area (Å²) >= 11 is 0. The molecule has 3 fully saturated rings. The fraction of sp³-hybridized carbons (Fsp3) is 0.444. The Morgan fingerprint density at radius 1 is 1.24 bits per heavy atom. The van der Waals surface area contributed by atoms with Gasteiger partial charge in [-0.25, -0.2) is 4.39 Å². The van der Waals surface area contributed by atoms with Crippen molar-refractivity contribution in [3.8, 4) is 17.2 Å². The monoisotopic (exact) mass is 458 g/mol. The third-order valence-electron chi connectivity index (χ3n) is 8.42. The first-order chi connectivity index (χ1) is 16.4. The average molecular weight is 459 g/mol. The number of hydrogen-bond acceptors (Lipinski definition) is 4. The normalized spacial score (nSPS) is 31.1. The fourth-order valence-electron chi connectivity index (χ4n) is 6.72. The van der Waals surface area contributed by atoms with Crippen LogP contribution in [0.2, 0.25) is 0 Å². The van der Waals surface area contributed by atoms with Gasteiger partial charge in [0.15, 0.2) is 0 Å². The van der Waals surface area contributed by atoms with E-state index in [9.17, 15) is 19.2 Å². The highest BCUT2D eigenvalue weighted by Crippen LogP contribution is 2.64. The molecule has 2 bridgehead atoms. The maximum atomic E-state index is 15.0. The van der Waals surface area contributed by atoms with E-state index >= 15 is 0 Å². The zero-order valence-electron chi connectivity index (χ0n) is 19.0. The lowest BCUT2D eigenvalue weighted by Crippen LogP contribution is -2.51. The van der Waals surface area contributed by atoms with E-state index < -0.39 is 11.9 Å². The molecule has 2 aromatic rings. The van der Waals surface area contributed by atoms with Gasteiger partial charge >= 0.3 is 0 Å². The molecule has 7 atom stereocenters. The van der Waals surface area contributed by atoms with Crippen LogP contribution >= 0.6 is 0 Å². The second-order valence-corrected chi connectivity index (χ2v) is 10.2. The number of rotatable bonds is 5. The molecule has 2 heterocycles. The van der Waals surface area contributed by atoms with E-state index in [-0.39, 0.29) is 24.3 Å². The summed E-state index contributed by atoms with van der Waals surface area (Å²) in [6, 6.07) is 12.0. The molecule has 1 saturated heterocycles. The Balaban J connectivity index is 1.14. The maximum Gasteiger partial charge on any atom is 0.251 e. The topological polar surface area (TPSA) is 94.0 Å². The number of nitrogens with zero attached hydrogens (tertiary/aromatic N) is 1. The van der Waals surface area contributed by atoms with Crippen molar-refractivity contribution < 1.29 is 14.0 Å². The summed E-state index contributed by atoms with van der Waals surface area (Å²) in [7, 11) is 0. The van der Waals surface area contributed by atoms with Gasteiger partial charge in [-0.05, 0) is 70.9 Å². The number of nitrogens with one attached hydrogen (secondary N) is 3. The standard InChI is InChI=1S/C27H27FN4O2/c1-13-23-20-11-22(24(13)23)32-25(20)27(34)31-18(12-29)9-17-3-2-15(10-21(17)28)14-4-5-19-16(8-14)6-7-30-26(19)33/h2-5,8,10,13,18,20,22-25,32H,6-7,9,11H2,1H3,(H,30,33)(H,31,34)/t13-,18?,20+,22-,23-,24+,25-/m0/s1. The Labute approximate surface area is 197 Å². The highest BCUT2D eigenvalue weighted by molar-refractivity contribution is 5.97. The third-order valence-corrected chi connectivity index (χ3v) is 8.42. The first kappa shape index (κ1) is 21.3. The fourth-order valence-corrected chi connectivity index (χ4v) is 6.72.